The van der Waals surface area contributed by atoms with Crippen LogP contribution in [0.4, 0.5) is 5.69 Å². The van der Waals surface area contributed by atoms with Crippen LogP contribution in [0, 0.1) is 0 Å². The molecule has 3 N–H and O–H groups in total. The molecular formula is C13H16ClN3O4. The molecule has 0 saturated carbocycles. The second kappa shape index (κ2) is 7.61. The number of hydrogen-bond donors (Lipinski definition) is 3. The maximum absolute atomic E-state index is 11.7. The molecule has 21 heavy (non-hydrogen) atoms. The van der Waals surface area contributed by atoms with E-state index in [-0.39, 0.29) is 35.3 Å². The molecule has 1 aromatic carbocycles. The van der Waals surface area contributed by atoms with Gasteiger partial charge in [0.1, 0.15) is 0 Å². The number of carbonyl (C=O) groups is 3. The minimum Gasteiger partial charge on any atom is -0.478 e. The van der Waals surface area contributed by atoms with Crippen molar-refractivity contribution in [2.45, 2.75) is 0 Å². The van der Waals surface area contributed by atoms with Gasteiger partial charge in [0.25, 0.3) is 0 Å². The van der Waals surface area contributed by atoms with E-state index in [4.69, 9.17) is 16.7 Å². The van der Waals surface area contributed by atoms with E-state index >= 15 is 0 Å². The fraction of sp³-hybridized carbons (Fsp3) is 0.308. The lowest BCUT2D eigenvalue weighted by atomic mass is 10.2. The van der Waals surface area contributed by atoms with Crippen LogP contribution >= 0.6 is 11.6 Å². The molecule has 0 aromatic heterocycles. The third kappa shape index (κ3) is 5.41. The second-order valence-electron chi connectivity index (χ2n) is 4.44. The molecule has 2 amide bonds. The zero-order valence-electron chi connectivity index (χ0n) is 11.6. The van der Waals surface area contributed by atoms with E-state index in [9.17, 15) is 14.4 Å². The number of anilines is 1. The van der Waals surface area contributed by atoms with Crippen LogP contribution in [0.3, 0.4) is 0 Å². The van der Waals surface area contributed by atoms with Crippen LogP contribution in [0.2, 0.25) is 5.02 Å². The molecule has 0 spiro atoms. The monoisotopic (exact) mass is 313 g/mol. The molecule has 0 saturated heterocycles. The van der Waals surface area contributed by atoms with E-state index in [1.807, 2.05) is 0 Å². The standard InChI is InChI=1S/C13H16ClN3O4/c1-17(2)12(19)7-15-6-11(18)16-10-5-8(13(20)21)3-4-9(10)14/h3-5,15H,6-7H2,1-2H3,(H,16,18)(H,20,21). The van der Waals surface area contributed by atoms with Crippen LogP contribution < -0.4 is 10.6 Å². The van der Waals surface area contributed by atoms with Gasteiger partial charge in [0.05, 0.1) is 29.4 Å². The number of carbonyl (C=O) groups excluding carboxylic acids is 2. The summed E-state index contributed by atoms with van der Waals surface area (Å²) in [5.41, 5.74) is 0.229. The fourth-order valence-corrected chi connectivity index (χ4v) is 1.55. The number of hydrogen-bond acceptors (Lipinski definition) is 4. The Labute approximate surface area is 126 Å². The number of halogens is 1. The van der Waals surface area contributed by atoms with Crippen molar-refractivity contribution in [1.82, 2.24) is 10.2 Å². The SMILES string of the molecule is CN(C)C(=O)CNCC(=O)Nc1cc(C(=O)O)ccc1Cl. The van der Waals surface area contributed by atoms with Gasteiger partial charge in [-0.2, -0.15) is 0 Å². The van der Waals surface area contributed by atoms with E-state index in [1.54, 1.807) is 14.1 Å². The van der Waals surface area contributed by atoms with Crippen molar-refractivity contribution in [3.8, 4) is 0 Å². The van der Waals surface area contributed by atoms with Gasteiger partial charge in [-0.15, -0.1) is 0 Å². The van der Waals surface area contributed by atoms with Crippen molar-refractivity contribution in [3.05, 3.63) is 28.8 Å². The maximum atomic E-state index is 11.7. The zero-order valence-corrected chi connectivity index (χ0v) is 12.4. The number of amides is 2. The minimum atomic E-state index is -1.11. The first-order valence-corrected chi connectivity index (χ1v) is 6.42. The molecule has 0 fully saturated rings. The van der Waals surface area contributed by atoms with E-state index in [0.717, 1.165) is 0 Å². The van der Waals surface area contributed by atoms with Crippen molar-refractivity contribution in [2.75, 3.05) is 32.5 Å². The summed E-state index contributed by atoms with van der Waals surface area (Å²) in [6.45, 7) is -0.0590. The summed E-state index contributed by atoms with van der Waals surface area (Å²) >= 11 is 5.88. The number of carboxylic acid groups (broad SMARTS) is 1. The molecule has 0 heterocycles. The molecule has 0 unspecified atom stereocenters. The van der Waals surface area contributed by atoms with E-state index in [0.29, 0.717) is 0 Å². The summed E-state index contributed by atoms with van der Waals surface area (Å²) in [5.74, 6) is -1.70. The van der Waals surface area contributed by atoms with Gasteiger partial charge in [0.2, 0.25) is 11.8 Å². The zero-order chi connectivity index (χ0) is 16.0. The van der Waals surface area contributed by atoms with Crippen LogP contribution in [0.15, 0.2) is 18.2 Å². The maximum Gasteiger partial charge on any atom is 0.335 e. The second-order valence-corrected chi connectivity index (χ2v) is 4.85. The van der Waals surface area contributed by atoms with Crippen LogP contribution in [0.1, 0.15) is 10.4 Å². The number of carboxylic acids is 1. The highest BCUT2D eigenvalue weighted by Gasteiger charge is 2.10. The Morgan fingerprint density at radius 1 is 1.24 bits per heavy atom. The van der Waals surface area contributed by atoms with Crippen molar-refractivity contribution in [3.63, 3.8) is 0 Å². The molecule has 0 radical (unpaired) electrons. The Kier molecular flexibility index (Phi) is 6.13. The van der Waals surface area contributed by atoms with Gasteiger partial charge in [-0.1, -0.05) is 11.6 Å². The average molecular weight is 314 g/mol. The third-order valence-electron chi connectivity index (χ3n) is 2.55. The van der Waals surface area contributed by atoms with E-state index < -0.39 is 11.9 Å². The first-order valence-electron chi connectivity index (χ1n) is 6.05. The van der Waals surface area contributed by atoms with E-state index in [2.05, 4.69) is 10.6 Å². The Hall–Kier alpha value is -2.12. The molecular weight excluding hydrogens is 298 g/mol. The highest BCUT2D eigenvalue weighted by molar-refractivity contribution is 6.33. The molecule has 0 aliphatic carbocycles. The highest BCUT2D eigenvalue weighted by atomic mass is 35.5. The van der Waals surface area contributed by atoms with Crippen molar-refractivity contribution in [1.29, 1.82) is 0 Å². The summed E-state index contributed by atoms with van der Waals surface area (Å²) in [6, 6.07) is 4.01. The average Bonchev–Trinajstić information content (AvgIpc) is 2.40. The van der Waals surface area contributed by atoms with Gasteiger partial charge in [0.15, 0.2) is 0 Å². The van der Waals surface area contributed by atoms with Crippen LogP contribution in [0.25, 0.3) is 0 Å². The van der Waals surface area contributed by atoms with Gasteiger partial charge in [-0.25, -0.2) is 4.79 Å². The smallest absolute Gasteiger partial charge is 0.335 e. The number of likely N-dealkylation sites (N-methyl/N-ethyl adjacent to an activating group) is 1. The Morgan fingerprint density at radius 2 is 1.90 bits per heavy atom. The molecule has 0 aliphatic rings. The first-order chi connectivity index (χ1) is 9.81. The predicted molar refractivity (Wildman–Crippen MR) is 78.6 cm³/mol. The minimum absolute atomic E-state index is 0.0189. The van der Waals surface area contributed by atoms with Gasteiger partial charge >= 0.3 is 5.97 Å². The molecule has 1 rings (SSSR count). The Balaban J connectivity index is 2.57. The summed E-state index contributed by atoms with van der Waals surface area (Å²) in [6.07, 6.45) is 0. The fourth-order valence-electron chi connectivity index (χ4n) is 1.39. The van der Waals surface area contributed by atoms with Crippen LogP contribution in [-0.4, -0.2) is 55.0 Å². The Bertz CT molecular complexity index is 560. The number of aromatic carboxylic acids is 1. The number of nitrogens with one attached hydrogen (secondary N) is 2. The van der Waals surface area contributed by atoms with E-state index in [1.165, 1.54) is 23.1 Å². The summed E-state index contributed by atoms with van der Waals surface area (Å²) in [4.78, 5) is 35.2. The summed E-state index contributed by atoms with van der Waals surface area (Å²) < 4.78 is 0. The van der Waals surface area contributed by atoms with Gasteiger partial charge in [0, 0.05) is 14.1 Å². The van der Waals surface area contributed by atoms with Crippen molar-refractivity contribution >= 4 is 35.1 Å². The molecule has 0 aliphatic heterocycles. The van der Waals surface area contributed by atoms with Gasteiger partial charge < -0.3 is 15.3 Å². The molecule has 7 nitrogen and oxygen atoms in total. The largest absolute Gasteiger partial charge is 0.478 e. The van der Waals surface area contributed by atoms with Gasteiger partial charge in [-0.05, 0) is 18.2 Å². The first kappa shape index (κ1) is 16.9. The van der Waals surface area contributed by atoms with Crippen LogP contribution in [0.5, 0.6) is 0 Å². The van der Waals surface area contributed by atoms with Crippen molar-refractivity contribution < 1.29 is 19.5 Å². The topological polar surface area (TPSA) is 98.7 Å². The van der Waals surface area contributed by atoms with Crippen LogP contribution in [-0.2, 0) is 9.59 Å². The predicted octanol–water partition coefficient (Wildman–Crippen LogP) is 0.655. The summed E-state index contributed by atoms with van der Waals surface area (Å²) in [7, 11) is 3.22. The lowest BCUT2D eigenvalue weighted by Gasteiger charge is -2.11. The molecule has 114 valence electrons. The number of nitrogens with zero attached hydrogens (tertiary/aromatic N) is 1. The van der Waals surface area contributed by atoms with Gasteiger partial charge in [-0.3, -0.25) is 14.9 Å². The third-order valence-corrected chi connectivity index (χ3v) is 2.88. The normalized spacial score (nSPS) is 10.0. The number of benzene rings is 1. The highest BCUT2D eigenvalue weighted by Crippen LogP contribution is 2.22. The lowest BCUT2D eigenvalue weighted by molar-refractivity contribution is -0.127. The Morgan fingerprint density at radius 3 is 2.48 bits per heavy atom. The molecule has 1 aromatic rings. The molecule has 8 heteroatoms. The quantitative estimate of drug-likeness (QED) is 0.716. The lowest BCUT2D eigenvalue weighted by Crippen LogP contribution is -2.37. The van der Waals surface area contributed by atoms with Crippen molar-refractivity contribution in [2.24, 2.45) is 0 Å². The summed E-state index contributed by atoms with van der Waals surface area (Å²) in [5, 5.41) is 14.3. The molecule has 0 atom stereocenters. The molecule has 0 bridgehead atoms. The number of rotatable bonds is 6.